The fraction of sp³-hybridized carbons (Fsp3) is 0.278. The molecule has 1 N–H and O–H groups in total. The van der Waals surface area contributed by atoms with Crippen molar-refractivity contribution in [2.75, 3.05) is 0 Å². The Morgan fingerprint density at radius 1 is 1.27 bits per heavy atom. The Morgan fingerprint density at radius 2 is 2.00 bits per heavy atom. The first kappa shape index (κ1) is 13.9. The largest absolute Gasteiger partial charge is 0.392 e. The van der Waals surface area contributed by atoms with Crippen LogP contribution in [0.1, 0.15) is 34.9 Å². The molecule has 1 fully saturated rings. The fourth-order valence-electron chi connectivity index (χ4n) is 3.00. The van der Waals surface area contributed by atoms with Crippen molar-refractivity contribution in [3.05, 3.63) is 52.3 Å². The lowest BCUT2D eigenvalue weighted by molar-refractivity contribution is 0.280. The number of hydrogen-bond acceptors (Lipinski definition) is 3. The monoisotopic (exact) mass is 313 g/mol. The number of aromatic nitrogens is 1. The number of fused-ring (bicyclic) bond motifs is 1. The number of thiophene rings is 1. The van der Waals surface area contributed by atoms with Crippen LogP contribution in [0.5, 0.6) is 0 Å². The van der Waals surface area contributed by atoms with E-state index >= 15 is 0 Å². The summed E-state index contributed by atoms with van der Waals surface area (Å²) < 4.78 is 14.3. The Morgan fingerprint density at radius 3 is 2.64 bits per heavy atom. The summed E-state index contributed by atoms with van der Waals surface area (Å²) in [5.41, 5.74) is 4.88. The van der Waals surface area contributed by atoms with Crippen molar-refractivity contribution in [1.82, 2.24) is 4.98 Å². The molecule has 1 aliphatic rings. The minimum absolute atomic E-state index is 0.0293. The zero-order valence-corrected chi connectivity index (χ0v) is 13.1. The second-order valence-electron chi connectivity index (χ2n) is 5.86. The van der Waals surface area contributed by atoms with E-state index in [9.17, 15) is 9.50 Å². The average Bonchev–Trinajstić information content (AvgIpc) is 3.28. The van der Waals surface area contributed by atoms with Crippen molar-refractivity contribution in [2.45, 2.75) is 32.3 Å². The van der Waals surface area contributed by atoms with Crippen molar-refractivity contribution in [3.8, 4) is 11.1 Å². The number of benzene rings is 1. The quantitative estimate of drug-likeness (QED) is 0.755. The minimum Gasteiger partial charge on any atom is -0.392 e. The second kappa shape index (κ2) is 5.14. The fourth-order valence-corrected chi connectivity index (χ4v) is 4.05. The second-order valence-corrected chi connectivity index (χ2v) is 7.12. The standard InChI is InChI=1S/C18H16FNOS/c1-10-8-15-18(22-10)16(11-4-6-13(19)7-5-11)14(9-21)17(20-15)12-2-3-12/h4-8,12,21H,2-3,9H2,1H3. The molecule has 0 saturated heterocycles. The molecule has 3 aromatic rings. The minimum atomic E-state index is -0.246. The van der Waals surface area contributed by atoms with Gasteiger partial charge in [0.15, 0.2) is 0 Å². The maximum absolute atomic E-state index is 13.3. The van der Waals surface area contributed by atoms with Gasteiger partial charge in [-0.1, -0.05) is 12.1 Å². The van der Waals surface area contributed by atoms with Crippen LogP contribution in [0.4, 0.5) is 4.39 Å². The molecule has 0 radical (unpaired) electrons. The van der Waals surface area contributed by atoms with Crippen LogP contribution in [-0.4, -0.2) is 10.1 Å². The molecule has 112 valence electrons. The summed E-state index contributed by atoms with van der Waals surface area (Å²) >= 11 is 1.68. The summed E-state index contributed by atoms with van der Waals surface area (Å²) in [6, 6.07) is 8.62. The van der Waals surface area contributed by atoms with Gasteiger partial charge in [-0.2, -0.15) is 0 Å². The van der Waals surface area contributed by atoms with Crippen LogP contribution in [0.2, 0.25) is 0 Å². The lowest BCUT2D eigenvalue weighted by Crippen LogP contribution is -2.00. The molecule has 4 rings (SSSR count). The number of nitrogens with zero attached hydrogens (tertiary/aromatic N) is 1. The first-order valence-electron chi connectivity index (χ1n) is 7.47. The summed E-state index contributed by atoms with van der Waals surface area (Å²) in [5, 5.41) is 9.95. The van der Waals surface area contributed by atoms with E-state index in [0.29, 0.717) is 5.92 Å². The highest BCUT2D eigenvalue weighted by molar-refractivity contribution is 7.19. The van der Waals surface area contributed by atoms with Gasteiger partial charge in [-0.15, -0.1) is 11.3 Å². The van der Waals surface area contributed by atoms with Gasteiger partial charge < -0.3 is 5.11 Å². The van der Waals surface area contributed by atoms with Gasteiger partial charge in [0, 0.05) is 21.9 Å². The number of rotatable bonds is 3. The predicted molar refractivity (Wildman–Crippen MR) is 87.6 cm³/mol. The SMILES string of the molecule is Cc1cc2nc(C3CC3)c(CO)c(-c3ccc(F)cc3)c2s1. The van der Waals surface area contributed by atoms with Crippen LogP contribution in [0.3, 0.4) is 0 Å². The summed E-state index contributed by atoms with van der Waals surface area (Å²) in [6.07, 6.45) is 2.27. The number of aliphatic hydroxyl groups is 1. The lowest BCUT2D eigenvalue weighted by Gasteiger charge is -2.14. The van der Waals surface area contributed by atoms with Crippen LogP contribution in [-0.2, 0) is 6.61 Å². The first-order valence-corrected chi connectivity index (χ1v) is 8.28. The Labute approximate surface area is 132 Å². The molecule has 2 heterocycles. The Balaban J connectivity index is 2.06. The Hall–Kier alpha value is -1.78. The molecule has 22 heavy (non-hydrogen) atoms. The summed E-state index contributed by atoms with van der Waals surface area (Å²) in [6.45, 7) is 2.04. The van der Waals surface area contributed by atoms with Gasteiger partial charge in [0.25, 0.3) is 0 Å². The molecule has 2 nitrogen and oxygen atoms in total. The topological polar surface area (TPSA) is 33.1 Å². The molecule has 0 bridgehead atoms. The van der Waals surface area contributed by atoms with Crippen LogP contribution < -0.4 is 0 Å². The number of pyridine rings is 1. The normalized spacial score (nSPS) is 14.7. The number of aliphatic hydroxyl groups excluding tert-OH is 1. The van der Waals surface area contributed by atoms with Gasteiger partial charge in [-0.3, -0.25) is 4.98 Å². The zero-order chi connectivity index (χ0) is 15.3. The molecule has 1 aliphatic carbocycles. The van der Waals surface area contributed by atoms with Crippen molar-refractivity contribution in [3.63, 3.8) is 0 Å². The summed E-state index contributed by atoms with van der Waals surface area (Å²) in [7, 11) is 0. The zero-order valence-electron chi connectivity index (χ0n) is 12.3. The van der Waals surface area contributed by atoms with E-state index in [1.807, 2.05) is 0 Å². The smallest absolute Gasteiger partial charge is 0.123 e. The molecule has 0 amide bonds. The van der Waals surface area contributed by atoms with Gasteiger partial charge >= 0.3 is 0 Å². The summed E-state index contributed by atoms with van der Waals surface area (Å²) in [5.74, 6) is 0.218. The number of hydrogen-bond donors (Lipinski definition) is 1. The highest BCUT2D eigenvalue weighted by Gasteiger charge is 2.30. The van der Waals surface area contributed by atoms with E-state index < -0.39 is 0 Å². The highest BCUT2D eigenvalue weighted by atomic mass is 32.1. The summed E-state index contributed by atoms with van der Waals surface area (Å²) in [4.78, 5) is 6.01. The molecule has 2 aromatic heterocycles. The van der Waals surface area contributed by atoms with E-state index in [1.54, 1.807) is 23.5 Å². The number of halogens is 1. The third-order valence-electron chi connectivity index (χ3n) is 4.17. The van der Waals surface area contributed by atoms with Crippen LogP contribution in [0.25, 0.3) is 21.3 Å². The molecule has 0 atom stereocenters. The maximum atomic E-state index is 13.3. The molecule has 1 saturated carbocycles. The Bertz CT molecular complexity index is 850. The number of aryl methyl sites for hydroxylation is 1. The van der Waals surface area contributed by atoms with Crippen LogP contribution >= 0.6 is 11.3 Å². The van der Waals surface area contributed by atoms with Crippen molar-refractivity contribution < 1.29 is 9.50 Å². The maximum Gasteiger partial charge on any atom is 0.123 e. The lowest BCUT2D eigenvalue weighted by atomic mass is 9.97. The van der Waals surface area contributed by atoms with Gasteiger partial charge in [0.2, 0.25) is 0 Å². The highest BCUT2D eigenvalue weighted by Crippen LogP contribution is 2.46. The molecule has 0 aliphatic heterocycles. The van der Waals surface area contributed by atoms with E-state index in [-0.39, 0.29) is 12.4 Å². The van der Waals surface area contributed by atoms with Gasteiger partial charge in [-0.05, 0) is 43.5 Å². The predicted octanol–water partition coefficient (Wildman–Crippen LogP) is 4.78. The van der Waals surface area contributed by atoms with E-state index in [2.05, 4.69) is 13.0 Å². The van der Waals surface area contributed by atoms with Crippen molar-refractivity contribution in [2.24, 2.45) is 0 Å². The molecular weight excluding hydrogens is 297 g/mol. The van der Waals surface area contributed by atoms with Gasteiger partial charge in [0.1, 0.15) is 5.82 Å². The van der Waals surface area contributed by atoms with Crippen molar-refractivity contribution in [1.29, 1.82) is 0 Å². The van der Waals surface area contributed by atoms with Gasteiger partial charge in [-0.25, -0.2) is 4.39 Å². The third-order valence-corrected chi connectivity index (χ3v) is 5.23. The third kappa shape index (κ3) is 2.23. The molecule has 4 heteroatoms. The van der Waals surface area contributed by atoms with Crippen LogP contribution in [0, 0.1) is 12.7 Å². The van der Waals surface area contributed by atoms with Gasteiger partial charge in [0.05, 0.1) is 22.5 Å². The van der Waals surface area contributed by atoms with Crippen molar-refractivity contribution >= 4 is 21.6 Å². The molecular formula is C18H16FNOS. The first-order chi connectivity index (χ1) is 10.7. The molecule has 0 unspecified atom stereocenters. The van der Waals surface area contributed by atoms with Crippen LogP contribution in [0.15, 0.2) is 30.3 Å². The molecule has 1 aromatic carbocycles. The van der Waals surface area contributed by atoms with E-state index in [1.165, 1.54) is 17.0 Å². The molecule has 0 spiro atoms. The van der Waals surface area contributed by atoms with E-state index in [4.69, 9.17) is 4.98 Å². The van der Waals surface area contributed by atoms with E-state index in [0.717, 1.165) is 45.4 Å². The Kier molecular flexibility index (Phi) is 3.24. The average molecular weight is 313 g/mol.